The second-order valence-corrected chi connectivity index (χ2v) is 6.31. The van der Waals surface area contributed by atoms with Crippen molar-refractivity contribution in [2.75, 3.05) is 12.0 Å². The van der Waals surface area contributed by atoms with Crippen LogP contribution < -0.4 is 5.32 Å². The average molecular weight is 270 g/mol. The van der Waals surface area contributed by atoms with Gasteiger partial charge in [-0.25, -0.2) is 4.98 Å². The zero-order valence-corrected chi connectivity index (χ0v) is 11.4. The van der Waals surface area contributed by atoms with Crippen molar-refractivity contribution in [3.63, 3.8) is 0 Å². The molecule has 1 aliphatic rings. The van der Waals surface area contributed by atoms with Crippen LogP contribution in [0.15, 0.2) is 0 Å². The lowest BCUT2D eigenvalue weighted by Gasteiger charge is -2.11. The fourth-order valence-corrected chi connectivity index (χ4v) is 2.30. The van der Waals surface area contributed by atoms with E-state index in [1.165, 1.54) is 0 Å². The van der Waals surface area contributed by atoms with Gasteiger partial charge in [-0.2, -0.15) is 0 Å². The Hall–Kier alpha value is -1.24. The number of hydrogen-bond acceptors (Lipinski definition) is 4. The molecule has 1 heterocycles. The van der Waals surface area contributed by atoms with Gasteiger partial charge in [-0.1, -0.05) is 0 Å². The molecule has 1 aliphatic carbocycles. The summed E-state index contributed by atoms with van der Waals surface area (Å²) >= 11 is 0. The van der Waals surface area contributed by atoms with Crippen LogP contribution in [-0.2, 0) is 10.8 Å². The predicted octanol–water partition coefficient (Wildman–Crippen LogP) is 0.569. The van der Waals surface area contributed by atoms with Gasteiger partial charge in [0.2, 0.25) is 5.82 Å². The molecular formula is C11H18N4O2S. The quantitative estimate of drug-likeness (QED) is 0.791. The third-order valence-electron chi connectivity index (χ3n) is 2.89. The van der Waals surface area contributed by atoms with E-state index in [0.717, 1.165) is 18.7 Å². The fraction of sp³-hybridized carbons (Fsp3) is 0.727. The smallest absolute Gasteiger partial charge is 0.291 e. The van der Waals surface area contributed by atoms with Crippen molar-refractivity contribution in [1.29, 1.82) is 0 Å². The minimum absolute atomic E-state index is 0.0238. The van der Waals surface area contributed by atoms with E-state index in [1.807, 2.05) is 6.92 Å². The van der Waals surface area contributed by atoms with Gasteiger partial charge in [-0.3, -0.25) is 14.1 Å². The summed E-state index contributed by atoms with van der Waals surface area (Å²) in [4.78, 5) is 16.0. The Bertz CT molecular complexity index is 456. The molecular weight excluding hydrogens is 252 g/mol. The van der Waals surface area contributed by atoms with Crippen LogP contribution in [0.5, 0.6) is 0 Å². The van der Waals surface area contributed by atoms with E-state index >= 15 is 0 Å². The second kappa shape index (κ2) is 5.60. The van der Waals surface area contributed by atoms with Gasteiger partial charge in [0.15, 0.2) is 0 Å². The molecule has 1 amide bonds. The maximum Gasteiger partial charge on any atom is 0.291 e. The Balaban J connectivity index is 1.84. The number of H-pyrrole nitrogens is 1. The molecule has 2 unspecified atom stereocenters. The normalized spacial score (nSPS) is 18.3. The number of aromatic amines is 1. The Morgan fingerprint density at radius 1 is 1.61 bits per heavy atom. The second-order valence-electron chi connectivity index (χ2n) is 4.76. The van der Waals surface area contributed by atoms with Crippen molar-refractivity contribution < 1.29 is 9.00 Å². The molecule has 0 spiro atoms. The molecule has 0 saturated heterocycles. The first-order valence-corrected chi connectivity index (χ1v) is 7.82. The molecule has 0 aromatic carbocycles. The predicted molar refractivity (Wildman–Crippen MR) is 68.8 cm³/mol. The molecule has 1 aromatic rings. The van der Waals surface area contributed by atoms with Crippen molar-refractivity contribution >= 4 is 16.7 Å². The highest BCUT2D eigenvalue weighted by atomic mass is 32.2. The monoisotopic (exact) mass is 270 g/mol. The Morgan fingerprint density at radius 2 is 2.33 bits per heavy atom. The van der Waals surface area contributed by atoms with Crippen LogP contribution in [0.3, 0.4) is 0 Å². The summed E-state index contributed by atoms with van der Waals surface area (Å²) in [6.07, 6.45) is 4.59. The summed E-state index contributed by atoms with van der Waals surface area (Å²) in [5.74, 6) is 1.78. The minimum Gasteiger partial charge on any atom is -0.347 e. The summed E-state index contributed by atoms with van der Waals surface area (Å²) in [5.41, 5.74) is 0. The fourth-order valence-electron chi connectivity index (χ4n) is 1.62. The van der Waals surface area contributed by atoms with Gasteiger partial charge >= 0.3 is 0 Å². The zero-order valence-electron chi connectivity index (χ0n) is 10.6. The SMILES string of the molecule is CC(CCS(C)=O)NC(=O)c1n[nH]c(C2CC2)n1. The van der Waals surface area contributed by atoms with Crippen LogP contribution in [0.25, 0.3) is 0 Å². The van der Waals surface area contributed by atoms with Gasteiger partial charge < -0.3 is 5.32 Å². The lowest BCUT2D eigenvalue weighted by Crippen LogP contribution is -2.34. The first-order chi connectivity index (χ1) is 8.56. The minimum atomic E-state index is -0.828. The third kappa shape index (κ3) is 3.63. The van der Waals surface area contributed by atoms with Gasteiger partial charge in [-0.05, 0) is 26.2 Å². The topological polar surface area (TPSA) is 87.7 Å². The van der Waals surface area contributed by atoms with Gasteiger partial charge in [-0.15, -0.1) is 5.10 Å². The number of nitrogens with one attached hydrogen (secondary N) is 2. The molecule has 0 bridgehead atoms. The maximum absolute atomic E-state index is 11.8. The van der Waals surface area contributed by atoms with Gasteiger partial charge in [0.05, 0.1) is 0 Å². The highest BCUT2D eigenvalue weighted by molar-refractivity contribution is 7.84. The number of rotatable bonds is 6. The van der Waals surface area contributed by atoms with E-state index in [9.17, 15) is 9.00 Å². The van der Waals surface area contributed by atoms with E-state index in [1.54, 1.807) is 6.26 Å². The van der Waals surface area contributed by atoms with Gasteiger partial charge in [0, 0.05) is 34.8 Å². The first-order valence-electron chi connectivity index (χ1n) is 6.09. The Labute approximate surface area is 108 Å². The number of nitrogens with zero attached hydrogens (tertiary/aromatic N) is 2. The van der Waals surface area contributed by atoms with E-state index in [-0.39, 0.29) is 17.8 Å². The van der Waals surface area contributed by atoms with Gasteiger partial charge in [0.25, 0.3) is 5.91 Å². The molecule has 6 nitrogen and oxygen atoms in total. The van der Waals surface area contributed by atoms with E-state index in [2.05, 4.69) is 20.5 Å². The highest BCUT2D eigenvalue weighted by Gasteiger charge is 2.28. The molecule has 18 heavy (non-hydrogen) atoms. The zero-order chi connectivity index (χ0) is 13.1. The number of amides is 1. The van der Waals surface area contributed by atoms with Crippen LogP contribution in [0.2, 0.25) is 0 Å². The van der Waals surface area contributed by atoms with Crippen LogP contribution in [0.4, 0.5) is 0 Å². The molecule has 0 radical (unpaired) electrons. The van der Waals surface area contributed by atoms with Crippen molar-refractivity contribution in [3.8, 4) is 0 Å². The average Bonchev–Trinajstić information content (AvgIpc) is 3.04. The summed E-state index contributed by atoms with van der Waals surface area (Å²) in [6.45, 7) is 1.89. The van der Waals surface area contributed by atoms with Crippen molar-refractivity contribution in [2.24, 2.45) is 0 Å². The van der Waals surface area contributed by atoms with E-state index < -0.39 is 10.8 Å². The van der Waals surface area contributed by atoms with E-state index in [4.69, 9.17) is 0 Å². The molecule has 7 heteroatoms. The van der Waals surface area contributed by atoms with Crippen LogP contribution >= 0.6 is 0 Å². The molecule has 1 fully saturated rings. The number of hydrogen-bond donors (Lipinski definition) is 2. The highest BCUT2D eigenvalue weighted by Crippen LogP contribution is 2.37. The molecule has 2 N–H and O–H groups in total. The first kappa shape index (κ1) is 13.2. The van der Waals surface area contributed by atoms with Crippen molar-refractivity contribution in [3.05, 3.63) is 11.6 Å². The molecule has 2 atom stereocenters. The number of carbonyl (C=O) groups excluding carboxylic acids is 1. The lowest BCUT2D eigenvalue weighted by molar-refractivity contribution is 0.0929. The summed E-state index contributed by atoms with van der Waals surface area (Å²) in [5, 5.41) is 9.52. The maximum atomic E-state index is 11.8. The Morgan fingerprint density at radius 3 is 2.94 bits per heavy atom. The molecule has 0 aliphatic heterocycles. The van der Waals surface area contributed by atoms with Crippen molar-refractivity contribution in [2.45, 2.75) is 38.1 Å². The van der Waals surface area contributed by atoms with Crippen LogP contribution in [-0.4, -0.2) is 43.3 Å². The molecule has 2 rings (SSSR count). The van der Waals surface area contributed by atoms with Gasteiger partial charge in [0.1, 0.15) is 5.82 Å². The summed E-state index contributed by atoms with van der Waals surface area (Å²) < 4.78 is 11.0. The van der Waals surface area contributed by atoms with Crippen LogP contribution in [0, 0.1) is 0 Å². The van der Waals surface area contributed by atoms with E-state index in [0.29, 0.717) is 18.1 Å². The lowest BCUT2D eigenvalue weighted by atomic mass is 10.2. The number of carbonyl (C=O) groups is 1. The van der Waals surface area contributed by atoms with Crippen LogP contribution in [0.1, 0.15) is 48.5 Å². The summed E-state index contributed by atoms with van der Waals surface area (Å²) in [6, 6.07) is -0.0238. The standard InChI is InChI=1S/C11H18N4O2S/c1-7(5-6-18(2)17)12-11(16)10-13-9(14-15-10)8-3-4-8/h7-8H,3-6H2,1-2H3,(H,12,16)(H,13,14,15). The third-order valence-corrected chi connectivity index (χ3v) is 3.70. The molecule has 100 valence electrons. The van der Waals surface area contributed by atoms with Crippen molar-refractivity contribution in [1.82, 2.24) is 20.5 Å². The molecule has 1 saturated carbocycles. The number of aromatic nitrogens is 3. The Kier molecular flexibility index (Phi) is 4.11. The molecule has 1 aromatic heterocycles. The largest absolute Gasteiger partial charge is 0.347 e. The summed E-state index contributed by atoms with van der Waals surface area (Å²) in [7, 11) is -0.828.